The highest BCUT2D eigenvalue weighted by molar-refractivity contribution is 6.00. The maximum Gasteiger partial charge on any atom is 0.322 e. The number of rotatable bonds is 6. The largest absolute Gasteiger partial charge is 0.480 e. The number of halogens is 1. The smallest absolute Gasteiger partial charge is 0.322 e. The van der Waals surface area contributed by atoms with Crippen LogP contribution >= 0.6 is 12.4 Å². The first-order valence-electron chi connectivity index (χ1n) is 7.68. The number of amides is 1. The van der Waals surface area contributed by atoms with Crippen LogP contribution in [0.25, 0.3) is 5.65 Å². The zero-order valence-corrected chi connectivity index (χ0v) is 14.5. The number of aromatic nitrogens is 3. The van der Waals surface area contributed by atoms with E-state index in [-0.39, 0.29) is 23.6 Å². The van der Waals surface area contributed by atoms with Gasteiger partial charge in [0.2, 0.25) is 0 Å². The van der Waals surface area contributed by atoms with Gasteiger partial charge in [-0.05, 0) is 18.4 Å². The van der Waals surface area contributed by atoms with Gasteiger partial charge in [0.05, 0.1) is 0 Å². The summed E-state index contributed by atoms with van der Waals surface area (Å²) in [6, 6.07) is 9.69. The summed E-state index contributed by atoms with van der Waals surface area (Å²) in [4.78, 5) is 39.6. The van der Waals surface area contributed by atoms with E-state index in [4.69, 9.17) is 5.11 Å². The Balaban J connectivity index is 0.00000243. The van der Waals surface area contributed by atoms with E-state index < -0.39 is 23.9 Å². The summed E-state index contributed by atoms with van der Waals surface area (Å²) < 4.78 is 1.48. The minimum Gasteiger partial charge on any atom is -0.480 e. The lowest BCUT2D eigenvalue weighted by Gasteiger charge is -2.07. The number of aryl methyl sites for hydroxylation is 2. The van der Waals surface area contributed by atoms with Crippen LogP contribution in [0.3, 0.4) is 0 Å². The number of nitrogens with zero attached hydrogens (tertiary/aromatic N) is 2. The monoisotopic (exact) mass is 376 g/mol. The van der Waals surface area contributed by atoms with E-state index in [9.17, 15) is 14.4 Å². The van der Waals surface area contributed by atoms with Gasteiger partial charge in [-0.2, -0.15) is 0 Å². The molecule has 0 aliphatic carbocycles. The first-order chi connectivity index (χ1) is 12.1. The van der Waals surface area contributed by atoms with E-state index in [2.05, 4.69) is 15.4 Å². The second-order valence-electron chi connectivity index (χ2n) is 5.50. The quantitative estimate of drug-likeness (QED) is 0.594. The zero-order valence-electron chi connectivity index (χ0n) is 13.6. The molecule has 9 heteroatoms. The maximum absolute atomic E-state index is 12.7. The molecule has 0 aliphatic rings. The predicted octanol–water partition coefficient (Wildman–Crippen LogP) is 1.04. The van der Waals surface area contributed by atoms with Gasteiger partial charge >= 0.3 is 5.97 Å². The van der Waals surface area contributed by atoms with E-state index in [0.717, 1.165) is 5.56 Å². The number of carbonyl (C=O) groups excluding carboxylic acids is 1. The molecular formula is C17H17ClN4O4. The first kappa shape index (κ1) is 19.2. The molecule has 0 spiro atoms. The van der Waals surface area contributed by atoms with Crippen LogP contribution < -0.4 is 10.7 Å². The third kappa shape index (κ3) is 4.09. The van der Waals surface area contributed by atoms with E-state index in [1.165, 1.54) is 10.8 Å². The van der Waals surface area contributed by atoms with E-state index in [1.807, 2.05) is 30.3 Å². The molecule has 0 fully saturated rings. The van der Waals surface area contributed by atoms with Crippen LogP contribution in [-0.2, 0) is 17.6 Å². The number of nitrogens with one attached hydrogen (secondary N) is 2. The summed E-state index contributed by atoms with van der Waals surface area (Å²) in [5, 5.41) is 13.7. The average Bonchev–Trinajstić information content (AvgIpc) is 3.06. The van der Waals surface area contributed by atoms with Gasteiger partial charge in [0.1, 0.15) is 18.4 Å². The molecule has 1 aromatic carbocycles. The Morgan fingerprint density at radius 2 is 1.92 bits per heavy atom. The minimum absolute atomic E-state index is 0. The van der Waals surface area contributed by atoms with Gasteiger partial charge in [-0.25, -0.2) is 9.50 Å². The number of hydrogen-bond acceptors (Lipinski definition) is 4. The van der Waals surface area contributed by atoms with Crippen molar-refractivity contribution in [3.63, 3.8) is 0 Å². The standard InChI is InChI=1S/C17H16N4O4.ClH/c22-13(23)8-18-17(25)14-15(24)12(9-21-16(14)19-10-20-21)7-6-11-4-2-1-3-5-11;/h1-5,9-10H,6-8H2,(H,18,25)(H,19,20)(H,22,23);1H. The van der Waals surface area contributed by atoms with Crippen LogP contribution in [0.5, 0.6) is 0 Å². The fourth-order valence-electron chi connectivity index (χ4n) is 2.59. The molecule has 0 aliphatic heterocycles. The molecule has 0 bridgehead atoms. The fraction of sp³-hybridized carbons (Fsp3) is 0.176. The molecule has 8 nitrogen and oxygen atoms in total. The van der Waals surface area contributed by atoms with Crippen molar-refractivity contribution >= 4 is 29.9 Å². The topological polar surface area (TPSA) is 117 Å². The lowest BCUT2D eigenvalue weighted by atomic mass is 10.0. The predicted molar refractivity (Wildman–Crippen MR) is 96.9 cm³/mol. The lowest BCUT2D eigenvalue weighted by Crippen LogP contribution is -2.34. The highest BCUT2D eigenvalue weighted by Crippen LogP contribution is 2.09. The average molecular weight is 377 g/mol. The van der Waals surface area contributed by atoms with E-state index >= 15 is 0 Å². The second kappa shape index (κ2) is 8.30. The highest BCUT2D eigenvalue weighted by Gasteiger charge is 2.20. The number of benzene rings is 1. The molecule has 3 aromatic rings. The Kier molecular flexibility index (Phi) is 6.13. The van der Waals surface area contributed by atoms with E-state index in [0.29, 0.717) is 18.4 Å². The van der Waals surface area contributed by atoms with E-state index in [1.54, 1.807) is 6.20 Å². The molecule has 136 valence electrons. The molecule has 2 heterocycles. The van der Waals surface area contributed by atoms with Crippen LogP contribution in [0.1, 0.15) is 21.5 Å². The van der Waals surface area contributed by atoms with Crippen molar-refractivity contribution in [2.75, 3.05) is 6.54 Å². The number of pyridine rings is 1. The van der Waals surface area contributed by atoms with Crippen molar-refractivity contribution < 1.29 is 14.7 Å². The number of hydrogen-bond donors (Lipinski definition) is 3. The summed E-state index contributed by atoms with van der Waals surface area (Å²) in [5.74, 6) is -1.94. The first-order valence-corrected chi connectivity index (χ1v) is 7.68. The van der Waals surface area contributed by atoms with Gasteiger partial charge in [0, 0.05) is 11.8 Å². The summed E-state index contributed by atoms with van der Waals surface area (Å²) >= 11 is 0. The van der Waals surface area contributed by atoms with Crippen molar-refractivity contribution in [1.29, 1.82) is 0 Å². The highest BCUT2D eigenvalue weighted by atomic mass is 35.5. The van der Waals surface area contributed by atoms with Crippen LogP contribution in [-0.4, -0.2) is 38.1 Å². The summed E-state index contributed by atoms with van der Waals surface area (Å²) in [7, 11) is 0. The Hall–Kier alpha value is -3.13. The molecule has 2 aromatic heterocycles. The fourth-order valence-corrected chi connectivity index (χ4v) is 2.59. The van der Waals surface area contributed by atoms with Crippen molar-refractivity contribution in [2.24, 2.45) is 0 Å². The number of aliphatic carboxylic acids is 1. The molecule has 26 heavy (non-hydrogen) atoms. The lowest BCUT2D eigenvalue weighted by molar-refractivity contribution is -0.135. The van der Waals surface area contributed by atoms with Crippen molar-refractivity contribution in [1.82, 2.24) is 19.9 Å². The van der Waals surface area contributed by atoms with Crippen LogP contribution in [0, 0.1) is 0 Å². The number of fused-ring (bicyclic) bond motifs is 1. The third-order valence-corrected chi connectivity index (χ3v) is 3.79. The number of aromatic amines is 1. The van der Waals surface area contributed by atoms with Crippen LogP contribution in [0.2, 0.25) is 0 Å². The van der Waals surface area contributed by atoms with Crippen molar-refractivity contribution in [3.8, 4) is 0 Å². The number of carbonyl (C=O) groups is 2. The molecule has 3 rings (SSSR count). The van der Waals surface area contributed by atoms with Crippen LogP contribution in [0.4, 0.5) is 0 Å². The Morgan fingerprint density at radius 1 is 1.19 bits per heavy atom. The van der Waals surface area contributed by atoms with Gasteiger partial charge in [-0.15, -0.1) is 12.4 Å². The minimum atomic E-state index is -1.19. The van der Waals surface area contributed by atoms with Gasteiger partial charge in [-0.3, -0.25) is 19.5 Å². The molecule has 0 atom stereocenters. The SMILES string of the molecule is Cl.O=C(O)CNC(=O)c1c(=O)c(CCc2ccccc2)cn2[nH]cnc12. The van der Waals surface area contributed by atoms with Crippen molar-refractivity contribution in [2.45, 2.75) is 12.8 Å². The molecule has 3 N–H and O–H groups in total. The van der Waals surface area contributed by atoms with Crippen molar-refractivity contribution in [3.05, 3.63) is 69.8 Å². The normalized spacial score (nSPS) is 10.3. The zero-order chi connectivity index (χ0) is 17.8. The third-order valence-electron chi connectivity index (χ3n) is 3.79. The summed E-state index contributed by atoms with van der Waals surface area (Å²) in [5.41, 5.74) is 1.09. The molecule has 0 saturated heterocycles. The summed E-state index contributed by atoms with van der Waals surface area (Å²) in [6.45, 7) is -0.566. The Morgan fingerprint density at radius 3 is 2.62 bits per heavy atom. The molecular weight excluding hydrogens is 360 g/mol. The molecule has 0 saturated carbocycles. The number of carboxylic acids is 1. The summed E-state index contributed by atoms with van der Waals surface area (Å²) in [6.07, 6.45) is 4.07. The van der Waals surface area contributed by atoms with Crippen LogP contribution in [0.15, 0.2) is 47.7 Å². The number of H-pyrrole nitrogens is 1. The molecule has 0 unspecified atom stereocenters. The van der Waals surface area contributed by atoms with Gasteiger partial charge in [0.15, 0.2) is 11.1 Å². The Labute approximate surface area is 154 Å². The molecule has 1 amide bonds. The Bertz CT molecular complexity index is 981. The second-order valence-corrected chi connectivity index (χ2v) is 5.50. The van der Waals surface area contributed by atoms with Gasteiger partial charge < -0.3 is 10.4 Å². The maximum atomic E-state index is 12.7. The molecule has 0 radical (unpaired) electrons. The number of carboxylic acid groups (broad SMARTS) is 1. The van der Waals surface area contributed by atoms with Gasteiger partial charge in [-0.1, -0.05) is 30.3 Å². The van der Waals surface area contributed by atoms with Gasteiger partial charge in [0.25, 0.3) is 5.91 Å².